The number of hydrogen-bond acceptors (Lipinski definition) is 2. The summed E-state index contributed by atoms with van der Waals surface area (Å²) in [6.07, 6.45) is 4.96. The molecule has 0 fully saturated rings. The lowest BCUT2D eigenvalue weighted by Gasteiger charge is -2.12. The maximum atomic E-state index is 10.0. The minimum atomic E-state index is 0.479. The van der Waals surface area contributed by atoms with Crippen molar-refractivity contribution in [2.75, 3.05) is 6.54 Å². The van der Waals surface area contributed by atoms with Gasteiger partial charge in [0.2, 0.25) is 0 Å². The monoisotopic (exact) mass is 176 g/mol. The first-order chi connectivity index (χ1) is 5.35. The smallest absolute Gasteiger partial charge is 0.119 e. The van der Waals surface area contributed by atoms with Crippen LogP contribution in [0.4, 0.5) is 0 Å². The standard InChI is InChI=1S/C8H18NOS/c1-3-5-6-8(4-2)7-9-11-10/h8-9H,3-7H2,1-2H3. The van der Waals surface area contributed by atoms with E-state index in [1.807, 2.05) is 0 Å². The molecule has 1 N–H and O–H groups in total. The van der Waals surface area contributed by atoms with E-state index < -0.39 is 0 Å². The van der Waals surface area contributed by atoms with Crippen molar-refractivity contribution in [1.29, 1.82) is 0 Å². The van der Waals surface area contributed by atoms with Crippen LogP contribution in [-0.2, 0) is 4.55 Å². The Morgan fingerprint density at radius 2 is 2.18 bits per heavy atom. The highest BCUT2D eigenvalue weighted by Gasteiger charge is 2.04. The van der Waals surface area contributed by atoms with Crippen molar-refractivity contribution in [3.8, 4) is 0 Å². The molecule has 0 aliphatic rings. The Morgan fingerprint density at radius 1 is 1.45 bits per heavy atom. The van der Waals surface area contributed by atoms with Crippen LogP contribution in [0.25, 0.3) is 0 Å². The molecular formula is C8H18NOS. The maximum absolute atomic E-state index is 10.0. The minimum absolute atomic E-state index is 0.479. The van der Waals surface area contributed by atoms with Gasteiger partial charge in [-0.25, -0.2) is 4.72 Å². The van der Waals surface area contributed by atoms with Crippen molar-refractivity contribution < 1.29 is 4.55 Å². The summed E-state index contributed by atoms with van der Waals surface area (Å²) in [7, 11) is 0. The van der Waals surface area contributed by atoms with Crippen molar-refractivity contribution in [3.05, 3.63) is 0 Å². The summed E-state index contributed by atoms with van der Waals surface area (Å²) in [5, 5.41) is 0. The summed E-state index contributed by atoms with van der Waals surface area (Å²) >= 11 is 0.479. The van der Waals surface area contributed by atoms with Gasteiger partial charge in [-0.1, -0.05) is 33.1 Å². The summed E-state index contributed by atoms with van der Waals surface area (Å²) in [6.45, 7) is 5.24. The number of rotatable bonds is 7. The van der Waals surface area contributed by atoms with E-state index in [9.17, 15) is 4.55 Å². The van der Waals surface area contributed by atoms with Gasteiger partial charge in [-0.15, -0.1) is 4.55 Å². The van der Waals surface area contributed by atoms with Gasteiger partial charge in [-0.3, -0.25) is 0 Å². The van der Waals surface area contributed by atoms with Crippen molar-refractivity contribution >= 4 is 12.2 Å². The molecule has 67 valence electrons. The first kappa shape index (κ1) is 11.3. The van der Waals surface area contributed by atoms with Crippen LogP contribution < -0.4 is 4.72 Å². The molecular weight excluding hydrogens is 158 g/mol. The van der Waals surface area contributed by atoms with E-state index in [2.05, 4.69) is 18.6 Å². The molecule has 1 atom stereocenters. The predicted molar refractivity (Wildman–Crippen MR) is 49.6 cm³/mol. The minimum Gasteiger partial charge on any atom is -0.237 e. The van der Waals surface area contributed by atoms with Gasteiger partial charge in [0.15, 0.2) is 0 Å². The Labute approximate surface area is 74.1 Å². The SMILES string of the molecule is CCCCC(CC)CNS[O]. The molecule has 2 nitrogen and oxygen atoms in total. The van der Waals surface area contributed by atoms with E-state index in [0.717, 1.165) is 6.54 Å². The molecule has 0 spiro atoms. The van der Waals surface area contributed by atoms with Crippen LogP contribution in [0.1, 0.15) is 39.5 Å². The third-order valence-corrected chi connectivity index (χ3v) is 2.26. The zero-order valence-electron chi connectivity index (χ0n) is 7.43. The second-order valence-corrected chi connectivity index (χ2v) is 3.30. The lowest BCUT2D eigenvalue weighted by Crippen LogP contribution is -2.15. The Balaban J connectivity index is 3.25. The third-order valence-electron chi connectivity index (χ3n) is 1.97. The van der Waals surface area contributed by atoms with E-state index in [1.165, 1.54) is 25.7 Å². The average molecular weight is 176 g/mol. The van der Waals surface area contributed by atoms with Crippen molar-refractivity contribution in [2.45, 2.75) is 39.5 Å². The van der Waals surface area contributed by atoms with Crippen molar-refractivity contribution in [3.63, 3.8) is 0 Å². The van der Waals surface area contributed by atoms with E-state index in [0.29, 0.717) is 18.1 Å². The Bertz CT molecular complexity index is 72.5. The van der Waals surface area contributed by atoms with Crippen LogP contribution >= 0.6 is 12.2 Å². The van der Waals surface area contributed by atoms with E-state index in [1.54, 1.807) is 0 Å². The van der Waals surface area contributed by atoms with E-state index in [4.69, 9.17) is 0 Å². The van der Waals surface area contributed by atoms with Gasteiger partial charge < -0.3 is 0 Å². The van der Waals surface area contributed by atoms with Crippen molar-refractivity contribution in [1.82, 2.24) is 4.72 Å². The highest BCUT2D eigenvalue weighted by atomic mass is 32.2. The molecule has 0 aromatic heterocycles. The van der Waals surface area contributed by atoms with E-state index >= 15 is 0 Å². The van der Waals surface area contributed by atoms with Gasteiger partial charge >= 0.3 is 0 Å². The first-order valence-corrected chi connectivity index (χ1v) is 5.10. The molecule has 0 rings (SSSR count). The molecule has 0 aromatic rings. The normalized spacial score (nSPS) is 13.4. The summed E-state index contributed by atoms with van der Waals surface area (Å²) < 4.78 is 12.8. The molecule has 1 radical (unpaired) electrons. The zero-order chi connectivity index (χ0) is 8.53. The van der Waals surface area contributed by atoms with Crippen molar-refractivity contribution in [2.24, 2.45) is 5.92 Å². The number of hydrogen-bond donors (Lipinski definition) is 1. The van der Waals surface area contributed by atoms with Crippen LogP contribution in [0, 0.1) is 5.92 Å². The molecule has 0 heterocycles. The van der Waals surface area contributed by atoms with Gasteiger partial charge in [0, 0.05) is 6.54 Å². The molecule has 3 heteroatoms. The quantitative estimate of drug-likeness (QED) is 0.478. The largest absolute Gasteiger partial charge is 0.237 e. The first-order valence-electron chi connectivity index (χ1n) is 4.36. The number of unbranched alkanes of at least 4 members (excludes halogenated alkanes) is 1. The van der Waals surface area contributed by atoms with Crippen LogP contribution in [-0.4, -0.2) is 6.54 Å². The summed E-state index contributed by atoms with van der Waals surface area (Å²) in [4.78, 5) is 0. The van der Waals surface area contributed by atoms with E-state index in [-0.39, 0.29) is 0 Å². The summed E-state index contributed by atoms with van der Waals surface area (Å²) in [5.74, 6) is 0.691. The molecule has 0 aromatic carbocycles. The van der Waals surface area contributed by atoms with Gasteiger partial charge in [0.05, 0.1) is 0 Å². The molecule has 0 aliphatic heterocycles. The molecule has 0 saturated heterocycles. The molecule has 11 heavy (non-hydrogen) atoms. The fourth-order valence-electron chi connectivity index (χ4n) is 1.10. The maximum Gasteiger partial charge on any atom is 0.119 e. The second kappa shape index (κ2) is 8.37. The second-order valence-electron chi connectivity index (χ2n) is 2.85. The molecule has 0 aliphatic carbocycles. The van der Waals surface area contributed by atoms with Gasteiger partial charge in [-0.05, 0) is 12.3 Å². The summed E-state index contributed by atoms with van der Waals surface area (Å²) in [5.41, 5.74) is 0. The fraction of sp³-hybridized carbons (Fsp3) is 1.00. The average Bonchev–Trinajstić information content (AvgIpc) is 2.05. The molecule has 0 saturated carbocycles. The van der Waals surface area contributed by atoms with Gasteiger partial charge in [-0.2, -0.15) is 0 Å². The Kier molecular flexibility index (Phi) is 8.57. The lowest BCUT2D eigenvalue weighted by molar-refractivity contribution is 0.442. The predicted octanol–water partition coefficient (Wildman–Crippen LogP) is 2.79. The Hall–Kier alpha value is 0.270. The van der Waals surface area contributed by atoms with Crippen LogP contribution in [0.5, 0.6) is 0 Å². The summed E-state index contributed by atoms with van der Waals surface area (Å²) in [6, 6.07) is 0. The Morgan fingerprint density at radius 3 is 2.64 bits per heavy atom. The molecule has 1 unspecified atom stereocenters. The number of nitrogens with one attached hydrogen (secondary N) is 1. The fourth-order valence-corrected chi connectivity index (χ4v) is 1.40. The third kappa shape index (κ3) is 6.66. The van der Waals surface area contributed by atoms with Crippen LogP contribution in [0.15, 0.2) is 0 Å². The van der Waals surface area contributed by atoms with Crippen LogP contribution in [0.2, 0.25) is 0 Å². The highest BCUT2D eigenvalue weighted by molar-refractivity contribution is 7.91. The van der Waals surface area contributed by atoms with Gasteiger partial charge in [0.25, 0.3) is 0 Å². The molecule has 0 bridgehead atoms. The van der Waals surface area contributed by atoms with Crippen LogP contribution in [0.3, 0.4) is 0 Å². The topological polar surface area (TPSA) is 31.9 Å². The lowest BCUT2D eigenvalue weighted by atomic mass is 10.00. The highest BCUT2D eigenvalue weighted by Crippen LogP contribution is 2.11. The molecule has 0 amide bonds. The van der Waals surface area contributed by atoms with Gasteiger partial charge in [0.1, 0.15) is 12.2 Å². The zero-order valence-corrected chi connectivity index (χ0v) is 8.25.